The molecule has 0 amide bonds. The molecule has 0 saturated heterocycles. The van der Waals surface area contributed by atoms with Gasteiger partial charge in [-0.1, -0.05) is 0 Å². The zero-order chi connectivity index (χ0) is 16.2. The summed E-state index contributed by atoms with van der Waals surface area (Å²) in [6, 6.07) is 3.15. The van der Waals surface area contributed by atoms with E-state index in [1.165, 1.54) is 7.05 Å². The van der Waals surface area contributed by atoms with E-state index in [-0.39, 0.29) is 10.5 Å². The molecule has 1 aromatic rings. The Morgan fingerprint density at radius 1 is 1.24 bits per heavy atom. The van der Waals surface area contributed by atoms with Gasteiger partial charge in [0.1, 0.15) is 17.9 Å². The molecule has 1 N–H and O–H groups in total. The minimum absolute atomic E-state index is 0.257. The number of esters is 2. The summed E-state index contributed by atoms with van der Waals surface area (Å²) >= 11 is 0. The van der Waals surface area contributed by atoms with Crippen molar-refractivity contribution >= 4 is 22.0 Å². The summed E-state index contributed by atoms with van der Waals surface area (Å²) in [6.07, 6.45) is 0. The number of rotatable bonds is 5. The number of nitrogens with zero attached hydrogens (tertiary/aromatic N) is 1. The fraction of sp³-hybridized carbons (Fsp3) is 0.333. The van der Waals surface area contributed by atoms with E-state index >= 15 is 0 Å². The van der Waals surface area contributed by atoms with E-state index in [1.807, 2.05) is 0 Å². The van der Waals surface area contributed by atoms with E-state index in [1.54, 1.807) is 0 Å². The van der Waals surface area contributed by atoms with Gasteiger partial charge in [0.15, 0.2) is 0 Å². The van der Waals surface area contributed by atoms with Crippen LogP contribution in [0, 0.1) is 0 Å². The van der Waals surface area contributed by atoms with Crippen molar-refractivity contribution in [2.75, 3.05) is 27.8 Å². The predicted octanol–water partition coefficient (Wildman–Crippen LogP) is -0.0277. The third-order valence-electron chi connectivity index (χ3n) is 2.66. The Balaban J connectivity index is 3.20. The second-order valence-electron chi connectivity index (χ2n) is 4.01. The van der Waals surface area contributed by atoms with Crippen molar-refractivity contribution in [3.63, 3.8) is 0 Å². The first-order valence-corrected chi connectivity index (χ1v) is 7.12. The molecule has 0 unspecified atom stereocenters. The van der Waals surface area contributed by atoms with Crippen molar-refractivity contribution in [2.24, 2.45) is 0 Å². The third-order valence-corrected chi connectivity index (χ3v) is 4.46. The first kappa shape index (κ1) is 16.9. The summed E-state index contributed by atoms with van der Waals surface area (Å²) in [5, 5.41) is 9.54. The van der Waals surface area contributed by atoms with Crippen molar-refractivity contribution in [1.29, 1.82) is 0 Å². The normalized spacial score (nSPS) is 11.2. The molecule has 0 heterocycles. The Bertz CT molecular complexity index is 654. The predicted molar refractivity (Wildman–Crippen MR) is 71.3 cm³/mol. The highest BCUT2D eigenvalue weighted by Gasteiger charge is 2.25. The molecule has 0 bridgehead atoms. The smallest absolute Gasteiger partial charge is 0.341 e. The molecule has 116 valence electrons. The van der Waals surface area contributed by atoms with Gasteiger partial charge < -0.3 is 14.6 Å². The standard InChI is InChI=1S/C12H15NO7S/c1-13(7-11(15)19-2)21(17,18)8-4-5-10(14)9(6-8)12(16)20-3/h4-6,14H,7H2,1-3H3. The van der Waals surface area contributed by atoms with Gasteiger partial charge in [-0.25, -0.2) is 13.2 Å². The van der Waals surface area contributed by atoms with Gasteiger partial charge >= 0.3 is 11.9 Å². The number of carbonyl (C=O) groups excluding carboxylic acids is 2. The number of hydrogen-bond acceptors (Lipinski definition) is 7. The number of hydrogen-bond donors (Lipinski definition) is 1. The summed E-state index contributed by atoms with van der Waals surface area (Å²) in [7, 11) is -0.579. The minimum atomic E-state index is -4.01. The average molecular weight is 317 g/mol. The van der Waals surface area contributed by atoms with Crippen LogP contribution in [0.15, 0.2) is 23.1 Å². The fourth-order valence-corrected chi connectivity index (χ4v) is 2.60. The van der Waals surface area contributed by atoms with Gasteiger partial charge in [0.25, 0.3) is 0 Å². The van der Waals surface area contributed by atoms with Crippen molar-refractivity contribution in [3.8, 4) is 5.75 Å². The first-order valence-electron chi connectivity index (χ1n) is 5.68. The van der Waals surface area contributed by atoms with E-state index in [9.17, 15) is 23.1 Å². The third kappa shape index (κ3) is 3.70. The quantitative estimate of drug-likeness (QED) is 0.759. The van der Waals surface area contributed by atoms with Crippen LogP contribution in [0.25, 0.3) is 0 Å². The second-order valence-corrected chi connectivity index (χ2v) is 6.05. The number of sulfonamides is 1. The van der Waals surface area contributed by atoms with Crippen LogP contribution in [0.4, 0.5) is 0 Å². The molecule has 0 atom stereocenters. The van der Waals surface area contributed by atoms with Crippen molar-refractivity contribution < 1.29 is 32.6 Å². The zero-order valence-corrected chi connectivity index (χ0v) is 12.5. The Labute approximate surface area is 121 Å². The van der Waals surface area contributed by atoms with Gasteiger partial charge in [-0.15, -0.1) is 0 Å². The molecular weight excluding hydrogens is 302 g/mol. The highest BCUT2D eigenvalue weighted by Crippen LogP contribution is 2.23. The van der Waals surface area contributed by atoms with E-state index in [0.29, 0.717) is 0 Å². The molecule has 0 spiro atoms. The lowest BCUT2D eigenvalue weighted by atomic mass is 10.2. The maximum Gasteiger partial charge on any atom is 0.341 e. The highest BCUT2D eigenvalue weighted by atomic mass is 32.2. The number of likely N-dealkylation sites (N-methyl/N-ethyl adjacent to an activating group) is 1. The first-order chi connectivity index (χ1) is 9.73. The minimum Gasteiger partial charge on any atom is -0.507 e. The molecular formula is C12H15NO7S. The molecule has 0 aliphatic rings. The average Bonchev–Trinajstić information content (AvgIpc) is 2.46. The van der Waals surface area contributed by atoms with Gasteiger partial charge in [-0.2, -0.15) is 4.31 Å². The monoisotopic (exact) mass is 317 g/mol. The van der Waals surface area contributed by atoms with E-state index in [4.69, 9.17) is 0 Å². The van der Waals surface area contributed by atoms with Crippen LogP contribution in [0.3, 0.4) is 0 Å². The number of methoxy groups -OCH3 is 2. The van der Waals surface area contributed by atoms with Crippen LogP contribution in [-0.2, 0) is 24.3 Å². The molecule has 0 radical (unpaired) electrons. The number of phenolic OH excluding ortho intramolecular Hbond substituents is 1. The van der Waals surface area contributed by atoms with Crippen molar-refractivity contribution in [2.45, 2.75) is 4.90 Å². The zero-order valence-electron chi connectivity index (χ0n) is 11.7. The Morgan fingerprint density at radius 3 is 2.38 bits per heavy atom. The summed E-state index contributed by atoms with van der Waals surface area (Å²) in [6.45, 7) is -0.479. The van der Waals surface area contributed by atoms with Crippen LogP contribution < -0.4 is 0 Å². The molecule has 0 aromatic heterocycles. The lowest BCUT2D eigenvalue weighted by Gasteiger charge is -2.16. The van der Waals surface area contributed by atoms with Gasteiger partial charge in [0.05, 0.1) is 19.1 Å². The largest absolute Gasteiger partial charge is 0.507 e. The van der Waals surface area contributed by atoms with Crippen LogP contribution in [0.1, 0.15) is 10.4 Å². The molecule has 0 aliphatic carbocycles. The summed E-state index contributed by atoms with van der Waals surface area (Å²) in [5.41, 5.74) is -0.287. The molecule has 21 heavy (non-hydrogen) atoms. The maximum atomic E-state index is 12.2. The number of ether oxygens (including phenoxy) is 2. The molecule has 1 aromatic carbocycles. The van der Waals surface area contributed by atoms with Crippen LogP contribution in [0.2, 0.25) is 0 Å². The molecule has 8 nitrogen and oxygen atoms in total. The lowest BCUT2D eigenvalue weighted by molar-refractivity contribution is -0.140. The Kier molecular flexibility index (Phi) is 5.28. The topological polar surface area (TPSA) is 110 Å². The maximum absolute atomic E-state index is 12.2. The van der Waals surface area contributed by atoms with Gasteiger partial charge in [-0.3, -0.25) is 4.79 Å². The molecule has 9 heteroatoms. The number of carbonyl (C=O) groups is 2. The van der Waals surface area contributed by atoms with Crippen LogP contribution in [-0.4, -0.2) is 57.6 Å². The highest BCUT2D eigenvalue weighted by molar-refractivity contribution is 7.89. The van der Waals surface area contributed by atoms with E-state index in [2.05, 4.69) is 9.47 Å². The van der Waals surface area contributed by atoms with Crippen LogP contribution in [0.5, 0.6) is 5.75 Å². The molecule has 0 fully saturated rings. The SMILES string of the molecule is COC(=O)CN(C)S(=O)(=O)c1ccc(O)c(C(=O)OC)c1. The van der Waals surface area contributed by atoms with Gasteiger partial charge in [-0.05, 0) is 18.2 Å². The van der Waals surface area contributed by atoms with E-state index in [0.717, 1.165) is 36.7 Å². The lowest BCUT2D eigenvalue weighted by Crippen LogP contribution is -2.32. The van der Waals surface area contributed by atoms with E-state index < -0.39 is 34.3 Å². The van der Waals surface area contributed by atoms with Gasteiger partial charge in [0.2, 0.25) is 10.0 Å². The second kappa shape index (κ2) is 6.55. The van der Waals surface area contributed by atoms with Crippen molar-refractivity contribution in [3.05, 3.63) is 23.8 Å². The van der Waals surface area contributed by atoms with Gasteiger partial charge in [0, 0.05) is 7.05 Å². The van der Waals surface area contributed by atoms with Crippen LogP contribution >= 0.6 is 0 Å². The van der Waals surface area contributed by atoms with Crippen molar-refractivity contribution in [1.82, 2.24) is 4.31 Å². The summed E-state index contributed by atoms with van der Waals surface area (Å²) in [5.74, 6) is -2.01. The fourth-order valence-electron chi connectivity index (χ4n) is 1.46. The number of benzene rings is 1. The number of phenols is 1. The number of aromatic hydroxyl groups is 1. The summed E-state index contributed by atoms with van der Waals surface area (Å²) < 4.78 is 34.1. The Morgan fingerprint density at radius 2 is 1.86 bits per heavy atom. The summed E-state index contributed by atoms with van der Waals surface area (Å²) in [4.78, 5) is 22.3. The molecule has 0 aliphatic heterocycles. The molecule has 1 rings (SSSR count). The molecule has 0 saturated carbocycles. The Hall–Kier alpha value is -2.13.